The molecule has 0 radical (unpaired) electrons. The Labute approximate surface area is 707 Å². The molecule has 14 heteroatoms. The molecule has 6 saturated heterocycles. The zero-order valence-corrected chi connectivity index (χ0v) is 75.5. The summed E-state index contributed by atoms with van der Waals surface area (Å²) in [5.74, 6) is 14.1. The molecule has 6 aliphatic heterocycles. The fraction of sp³-hybridized carbons (Fsp3) is 0.835. The number of hydrogen-bond donors (Lipinski definition) is 3. The maximum absolute atomic E-state index is 13.2. The Hall–Kier alpha value is -3.89. The maximum Gasteiger partial charge on any atom is 0.234 e. The van der Waals surface area contributed by atoms with Crippen LogP contribution in [-0.2, 0) is 44.6 Å². The number of likely N-dealkylation sites (tertiary alicyclic amines) is 3. The van der Waals surface area contributed by atoms with Crippen molar-refractivity contribution in [2.45, 2.75) is 355 Å². The lowest BCUT2D eigenvalue weighted by Crippen LogP contribution is -2.54. The van der Waals surface area contributed by atoms with Crippen LogP contribution in [0.4, 0.5) is 0 Å². The fourth-order valence-electron chi connectivity index (χ4n) is 32.8. The number of benzene rings is 1. The number of likely N-dealkylation sites (N-methyl/N-ethyl adjacent to an activating group) is 1. The number of carbonyl (C=O) groups excluding carboxylic acids is 5. The molecule has 0 bridgehead atoms. The van der Waals surface area contributed by atoms with Crippen LogP contribution in [0.3, 0.4) is 0 Å². The van der Waals surface area contributed by atoms with Gasteiger partial charge in [-0.15, -0.1) is 0 Å². The van der Waals surface area contributed by atoms with Gasteiger partial charge in [0.05, 0.1) is 41.7 Å². The van der Waals surface area contributed by atoms with Crippen molar-refractivity contribution in [1.82, 2.24) is 30.7 Å². The number of Topliss-reactive ketones (excluding diaryl/α,β-unsaturated/α-hetero) is 3. The molecule has 1 aromatic carbocycles. The number of amides is 2. The quantitative estimate of drug-likeness (QED) is 0.161. The Balaban J connectivity index is 0.000000127. The van der Waals surface area contributed by atoms with Gasteiger partial charge in [-0.25, -0.2) is 0 Å². The van der Waals surface area contributed by atoms with Crippen molar-refractivity contribution in [3.8, 4) is 0 Å². The van der Waals surface area contributed by atoms with Crippen molar-refractivity contribution in [2.75, 3.05) is 66.0 Å². The normalized spacial score (nSPS) is 45.9. The Morgan fingerprint density at radius 3 is 1.21 bits per heavy atom. The highest BCUT2D eigenvalue weighted by molar-refractivity contribution is 5.81. The van der Waals surface area contributed by atoms with Gasteiger partial charge in [-0.3, -0.25) is 38.7 Å². The van der Waals surface area contributed by atoms with Gasteiger partial charge in [0, 0.05) is 133 Å². The number of nitrogens with zero attached hydrogens (tertiary/aromatic N) is 3. The first-order valence-electron chi connectivity index (χ1n) is 49.2. The molecule has 1 aromatic rings. The predicted octanol–water partition coefficient (Wildman–Crippen LogP) is 18.7. The standard InChI is InChI=1S/C38H54N2O3.C34H54N2O3.C31H50N2O2/c1-24-18-34-36(40(22-24)23-35(42)39-17-14-27-8-6-5-7-9-27)26(3)38(43-34)16-13-30-31-11-10-28-19-29(41)12-15-37(28,4)33(31)20-32(30)25(2)21-38;1-6-7-31(38)35-14-15-36-20-21(2)16-30-32(36)23(4)34(39-30)13-11-26-27-9-8-24-17-25(37)10-12-33(24,5)29(27)18-28(26)22(3)19-34;1-19-14-28-29(33(18-19)13-12-32-5)21(3)31(35-28)11-9-24-25-7-6-22-15-23(34)8-10-30(22,4)27(25)16-26(24)20(2)17-31/h5-9,24,26,28,30-31,33-34,36H,10-23H2,1-4H3,(H,39,42);21,23-24,26-27,29-30,32H,6-20H2,1-5H3,(H,35,38);19,21-22,24-25,27-29,32H,6-18H2,1-5H3/t24-,26+,28+,30-,31-,33-,34+,36-,37-,38-;21-,23+,24+,26-,27-,29-,30+,32-,33-,34-;19-,21+,22+,24-,25-,27-,28+,29-,30-,31-/m000/s1. The van der Waals surface area contributed by atoms with Crippen molar-refractivity contribution < 1.29 is 38.2 Å². The molecule has 2 amide bonds. The third-order valence-electron chi connectivity index (χ3n) is 38.8. The minimum absolute atomic E-state index is 0.0343. The summed E-state index contributed by atoms with van der Waals surface area (Å²) in [5.41, 5.74) is 12.5. The van der Waals surface area contributed by atoms with Crippen LogP contribution in [0.2, 0.25) is 0 Å². The lowest BCUT2D eigenvalue weighted by Gasteiger charge is -2.52. The summed E-state index contributed by atoms with van der Waals surface area (Å²) >= 11 is 0. The van der Waals surface area contributed by atoms with E-state index in [0.29, 0.717) is 137 Å². The van der Waals surface area contributed by atoms with E-state index in [1.807, 2.05) is 11.6 Å². The molecule has 6 heterocycles. The Morgan fingerprint density at radius 2 is 0.821 bits per heavy atom. The summed E-state index contributed by atoms with van der Waals surface area (Å²) < 4.78 is 21.7. The van der Waals surface area contributed by atoms with E-state index >= 15 is 0 Å². The first-order chi connectivity index (χ1) is 56.1. The number of allylic oxidation sites excluding steroid dienone is 3. The van der Waals surface area contributed by atoms with E-state index < -0.39 is 0 Å². The van der Waals surface area contributed by atoms with E-state index in [1.54, 1.807) is 27.9 Å². The molecule has 14 nitrogen and oxygen atoms in total. The summed E-state index contributed by atoms with van der Waals surface area (Å²) in [6, 6.07) is 11.8. The van der Waals surface area contributed by atoms with Gasteiger partial charge < -0.3 is 30.2 Å². The summed E-state index contributed by atoms with van der Waals surface area (Å²) in [4.78, 5) is 70.1. The van der Waals surface area contributed by atoms with E-state index in [0.717, 1.165) is 202 Å². The van der Waals surface area contributed by atoms with Gasteiger partial charge in [-0.1, -0.05) is 133 Å². The van der Waals surface area contributed by atoms with Crippen LogP contribution < -0.4 is 16.0 Å². The second-order valence-electron chi connectivity index (χ2n) is 45.1. The molecule has 19 rings (SSSR count). The van der Waals surface area contributed by atoms with Crippen molar-refractivity contribution in [1.29, 1.82) is 0 Å². The monoisotopic (exact) mass is 1610 g/mol. The summed E-state index contributed by atoms with van der Waals surface area (Å²) in [6.45, 7) is 40.0. The average molecular weight is 1610 g/mol. The zero-order chi connectivity index (χ0) is 82.0. The van der Waals surface area contributed by atoms with Crippen molar-refractivity contribution in [3.63, 3.8) is 0 Å². The number of ketones is 3. The van der Waals surface area contributed by atoms with Crippen LogP contribution in [0, 0.1) is 123 Å². The van der Waals surface area contributed by atoms with Crippen LogP contribution in [-0.4, -0.2) is 163 Å². The third kappa shape index (κ3) is 15.7. The summed E-state index contributed by atoms with van der Waals surface area (Å²) in [7, 11) is 2.08. The molecule has 15 fully saturated rings. The number of fused-ring (bicyclic) bond motifs is 18. The van der Waals surface area contributed by atoms with Crippen molar-refractivity contribution in [2.24, 2.45) is 123 Å². The molecule has 18 aliphatic rings. The third-order valence-corrected chi connectivity index (χ3v) is 38.8. The number of ether oxygens (including phenoxy) is 3. The number of hydrogen-bond acceptors (Lipinski definition) is 12. The summed E-state index contributed by atoms with van der Waals surface area (Å²) in [6.07, 6.45) is 37.5. The lowest BCUT2D eigenvalue weighted by atomic mass is 9.52. The summed E-state index contributed by atoms with van der Waals surface area (Å²) in [5, 5.41) is 9.75. The zero-order valence-electron chi connectivity index (χ0n) is 75.5. The number of carbonyl (C=O) groups is 5. The van der Waals surface area contributed by atoms with E-state index in [-0.39, 0.29) is 34.7 Å². The Kier molecular flexibility index (Phi) is 24.7. The molecule has 9 saturated carbocycles. The van der Waals surface area contributed by atoms with Gasteiger partial charge in [0.15, 0.2) is 0 Å². The van der Waals surface area contributed by atoms with Crippen molar-refractivity contribution >= 4 is 29.2 Å². The SMILES string of the molecule is CC1=C2C[C@H]3[C@@H](CC[C@@H]4CC(=O)CC[C@@]43C)[C@@H]2CC[C@@]2(C1)O[C@@H]1C[C@H](C)CN(CC(=O)NCCc3ccccc3)[C@H]1[C@H]2C.CCCC(=O)NCCN1C[C@@H](C)C[C@H]2O[C@]3(CC[C@@H]4C(=C(C)C3)C[C@H]3[C@H]4CC[C@@H]4CC(=O)CC[C@@]43C)[C@H](C)[C@@H]21.CNCCN1C[C@@H](C)C[C@H]2O[C@]3(CC[C@@H]4C(=C(C)C3)C[C@H]3[C@H]4CC[C@@H]4CC(=O)CC[C@@]43C)[C@H](C)[C@@H]21. The van der Waals surface area contributed by atoms with Crippen molar-refractivity contribution in [3.05, 3.63) is 69.3 Å². The number of rotatable bonds is 13. The molecule has 3 N–H and O–H groups in total. The molecule has 117 heavy (non-hydrogen) atoms. The maximum atomic E-state index is 13.2. The van der Waals surface area contributed by atoms with Crippen LogP contribution >= 0.6 is 0 Å². The lowest BCUT2D eigenvalue weighted by molar-refractivity contribution is -0.130. The van der Waals surface area contributed by atoms with Crippen LogP contribution in [0.25, 0.3) is 0 Å². The van der Waals surface area contributed by atoms with Gasteiger partial charge in [0.1, 0.15) is 17.3 Å². The van der Waals surface area contributed by atoms with Gasteiger partial charge >= 0.3 is 0 Å². The van der Waals surface area contributed by atoms with Gasteiger partial charge in [0.2, 0.25) is 11.8 Å². The van der Waals surface area contributed by atoms with E-state index in [1.165, 1.54) is 108 Å². The molecule has 30 atom stereocenters. The molecule has 0 unspecified atom stereocenters. The van der Waals surface area contributed by atoms with Gasteiger partial charge in [0.25, 0.3) is 0 Å². The highest BCUT2D eigenvalue weighted by Crippen LogP contribution is 2.70. The molecule has 0 aromatic heterocycles. The highest BCUT2D eigenvalue weighted by atomic mass is 16.5. The second-order valence-corrected chi connectivity index (χ2v) is 45.1. The first-order valence-corrected chi connectivity index (χ1v) is 49.2. The minimum Gasteiger partial charge on any atom is -0.369 e. The van der Waals surface area contributed by atoms with Crippen LogP contribution in [0.1, 0.15) is 301 Å². The Bertz CT molecular complexity index is 3920. The minimum atomic E-state index is -0.114. The average Bonchev–Trinajstić information content (AvgIpc) is 1.58. The molecule has 648 valence electrons. The topological polar surface area (TPSA) is 159 Å². The Morgan fingerprint density at radius 1 is 0.453 bits per heavy atom. The smallest absolute Gasteiger partial charge is 0.234 e. The van der Waals surface area contributed by atoms with Crippen LogP contribution in [0.15, 0.2) is 63.8 Å². The second kappa shape index (κ2) is 33.9. The largest absolute Gasteiger partial charge is 0.369 e. The van der Waals surface area contributed by atoms with E-state index in [9.17, 15) is 24.0 Å². The van der Waals surface area contributed by atoms with Gasteiger partial charge in [-0.2, -0.15) is 0 Å². The van der Waals surface area contributed by atoms with E-state index in [2.05, 4.69) is 152 Å². The van der Waals surface area contributed by atoms with Gasteiger partial charge in [-0.05, 0) is 305 Å². The molecular formula is C103H158N6O8. The van der Waals surface area contributed by atoms with E-state index in [4.69, 9.17) is 14.2 Å². The molecule has 12 aliphatic carbocycles. The number of nitrogens with one attached hydrogen (secondary N) is 3. The highest BCUT2D eigenvalue weighted by Gasteiger charge is 2.65. The fourth-order valence-corrected chi connectivity index (χ4v) is 32.8. The van der Waals surface area contributed by atoms with Crippen LogP contribution in [0.5, 0.6) is 0 Å². The molecule has 3 spiro atoms. The number of piperidine rings is 3. The molecular weight excluding hydrogens is 1450 g/mol. The predicted molar refractivity (Wildman–Crippen MR) is 467 cm³/mol. The first kappa shape index (κ1) is 85.3.